The van der Waals surface area contributed by atoms with Gasteiger partial charge in [0.2, 0.25) is 0 Å². The summed E-state index contributed by atoms with van der Waals surface area (Å²) in [5, 5.41) is 3.56. The summed E-state index contributed by atoms with van der Waals surface area (Å²) in [6.07, 6.45) is 0.725. The molecule has 2 aromatic carbocycles. The molecule has 1 N–H and O–H groups in total. The third-order valence-electron chi connectivity index (χ3n) is 3.04. The molecule has 2 aromatic rings. The smallest absolute Gasteiger partial charge is 0.129 e. The second-order valence-corrected chi connectivity index (χ2v) is 5.69. The van der Waals surface area contributed by atoms with Crippen LogP contribution in [0.5, 0.6) is 0 Å². The molecule has 1 atom stereocenters. The van der Waals surface area contributed by atoms with Gasteiger partial charge in [-0.05, 0) is 43.3 Å². The molecule has 0 aliphatic rings. The fraction of sp³-hybridized carbons (Fsp3) is 0.200. The third kappa shape index (κ3) is 3.78. The van der Waals surface area contributed by atoms with Crippen molar-refractivity contribution < 1.29 is 4.39 Å². The van der Waals surface area contributed by atoms with Gasteiger partial charge in [-0.3, -0.25) is 0 Å². The number of benzene rings is 2. The molecule has 0 aliphatic heterocycles. The van der Waals surface area contributed by atoms with Crippen LogP contribution in [0.1, 0.15) is 17.2 Å². The van der Waals surface area contributed by atoms with E-state index in [2.05, 4.69) is 21.2 Å². The summed E-state index contributed by atoms with van der Waals surface area (Å²) >= 11 is 9.18. The standard InChI is InChI=1S/C15H14BrClFN/c1-19-15(8-10-2-4-11(16)5-3-10)13-7-6-12(17)9-14(13)18/h2-7,9,15,19H,8H2,1H3. The number of likely N-dealkylation sites (N-methyl/N-ethyl adjacent to an activating group) is 1. The maximum Gasteiger partial charge on any atom is 0.129 e. The highest BCUT2D eigenvalue weighted by atomic mass is 79.9. The van der Waals surface area contributed by atoms with E-state index in [1.54, 1.807) is 12.1 Å². The van der Waals surface area contributed by atoms with Gasteiger partial charge in [0, 0.05) is 21.1 Å². The molecule has 0 spiro atoms. The summed E-state index contributed by atoms with van der Waals surface area (Å²) < 4.78 is 15.0. The van der Waals surface area contributed by atoms with Crippen LogP contribution in [0, 0.1) is 5.82 Å². The molecule has 4 heteroatoms. The molecule has 1 nitrogen and oxygen atoms in total. The normalized spacial score (nSPS) is 12.4. The Bertz CT molecular complexity index is 557. The van der Waals surface area contributed by atoms with Crippen LogP contribution in [0.4, 0.5) is 4.39 Å². The van der Waals surface area contributed by atoms with Crippen LogP contribution in [0.15, 0.2) is 46.9 Å². The van der Waals surface area contributed by atoms with E-state index in [-0.39, 0.29) is 11.9 Å². The van der Waals surface area contributed by atoms with Crippen LogP contribution in [-0.4, -0.2) is 7.05 Å². The molecule has 0 saturated heterocycles. The predicted octanol–water partition coefficient (Wildman–Crippen LogP) is 4.74. The largest absolute Gasteiger partial charge is 0.313 e. The second kappa shape index (κ2) is 6.51. The fourth-order valence-electron chi connectivity index (χ4n) is 2.01. The Kier molecular flexibility index (Phi) is 4.97. The van der Waals surface area contributed by atoms with Crippen molar-refractivity contribution in [2.45, 2.75) is 12.5 Å². The van der Waals surface area contributed by atoms with Crippen molar-refractivity contribution in [3.63, 3.8) is 0 Å². The number of halogens is 3. The van der Waals surface area contributed by atoms with Crippen molar-refractivity contribution in [1.29, 1.82) is 0 Å². The molecule has 19 heavy (non-hydrogen) atoms. The lowest BCUT2D eigenvalue weighted by Crippen LogP contribution is -2.20. The first-order valence-corrected chi connectivity index (χ1v) is 7.14. The molecular weight excluding hydrogens is 329 g/mol. The van der Waals surface area contributed by atoms with Gasteiger partial charge in [-0.15, -0.1) is 0 Å². The predicted molar refractivity (Wildman–Crippen MR) is 81.1 cm³/mol. The minimum Gasteiger partial charge on any atom is -0.313 e. The van der Waals surface area contributed by atoms with Crippen molar-refractivity contribution in [3.05, 3.63) is 68.9 Å². The number of rotatable bonds is 4. The SMILES string of the molecule is CNC(Cc1ccc(Br)cc1)c1ccc(Cl)cc1F. The van der Waals surface area contributed by atoms with Crippen LogP contribution in [0.2, 0.25) is 5.02 Å². The molecule has 0 bridgehead atoms. The Balaban J connectivity index is 2.22. The quantitative estimate of drug-likeness (QED) is 0.846. The zero-order valence-electron chi connectivity index (χ0n) is 10.5. The molecule has 0 saturated carbocycles. The Morgan fingerprint density at radius 1 is 1.21 bits per heavy atom. The second-order valence-electron chi connectivity index (χ2n) is 4.34. The van der Waals surface area contributed by atoms with Gasteiger partial charge < -0.3 is 5.32 Å². The van der Waals surface area contributed by atoms with Crippen molar-refractivity contribution in [3.8, 4) is 0 Å². The number of hydrogen-bond donors (Lipinski definition) is 1. The van der Waals surface area contributed by atoms with Crippen molar-refractivity contribution >= 4 is 27.5 Å². The zero-order valence-corrected chi connectivity index (χ0v) is 12.8. The van der Waals surface area contributed by atoms with Crippen molar-refractivity contribution in [2.75, 3.05) is 7.05 Å². The zero-order chi connectivity index (χ0) is 13.8. The first-order chi connectivity index (χ1) is 9.10. The van der Waals surface area contributed by atoms with Crippen LogP contribution >= 0.6 is 27.5 Å². The molecule has 100 valence electrons. The van der Waals surface area contributed by atoms with Gasteiger partial charge >= 0.3 is 0 Å². The van der Waals surface area contributed by atoms with Gasteiger partial charge in [0.15, 0.2) is 0 Å². The van der Waals surface area contributed by atoms with Gasteiger partial charge in [0.1, 0.15) is 5.82 Å². The summed E-state index contributed by atoms with van der Waals surface area (Å²) in [4.78, 5) is 0. The molecular formula is C15H14BrClFN. The minimum atomic E-state index is -0.274. The van der Waals surface area contributed by atoms with Gasteiger partial charge in [-0.1, -0.05) is 45.7 Å². The molecule has 0 aromatic heterocycles. The lowest BCUT2D eigenvalue weighted by Gasteiger charge is -2.17. The summed E-state index contributed by atoms with van der Waals surface area (Å²) in [5.41, 5.74) is 1.78. The molecule has 0 amide bonds. The third-order valence-corrected chi connectivity index (χ3v) is 3.80. The maximum absolute atomic E-state index is 13.9. The molecule has 0 heterocycles. The van der Waals surface area contributed by atoms with Crippen molar-refractivity contribution in [1.82, 2.24) is 5.32 Å². The summed E-state index contributed by atoms with van der Waals surface area (Å²) in [7, 11) is 1.83. The highest BCUT2D eigenvalue weighted by Crippen LogP contribution is 2.24. The minimum absolute atomic E-state index is 0.0709. The van der Waals surface area contributed by atoms with Gasteiger partial charge in [0.25, 0.3) is 0 Å². The average Bonchev–Trinajstić information content (AvgIpc) is 2.39. The topological polar surface area (TPSA) is 12.0 Å². The van der Waals surface area contributed by atoms with E-state index in [4.69, 9.17) is 11.6 Å². The molecule has 0 fully saturated rings. The summed E-state index contributed by atoms with van der Waals surface area (Å²) in [6.45, 7) is 0. The lowest BCUT2D eigenvalue weighted by atomic mass is 9.98. The Morgan fingerprint density at radius 2 is 1.89 bits per heavy atom. The Labute approximate surface area is 125 Å². The van der Waals surface area contributed by atoms with Gasteiger partial charge in [0.05, 0.1) is 0 Å². The highest BCUT2D eigenvalue weighted by molar-refractivity contribution is 9.10. The average molecular weight is 343 g/mol. The molecule has 0 aliphatic carbocycles. The molecule has 0 radical (unpaired) electrons. The number of hydrogen-bond acceptors (Lipinski definition) is 1. The summed E-state index contributed by atoms with van der Waals surface area (Å²) in [5.74, 6) is -0.274. The first kappa shape index (κ1) is 14.5. The Morgan fingerprint density at radius 3 is 2.47 bits per heavy atom. The van der Waals surface area contributed by atoms with E-state index in [1.165, 1.54) is 6.07 Å². The van der Waals surface area contributed by atoms with Crippen LogP contribution < -0.4 is 5.32 Å². The van der Waals surface area contributed by atoms with E-state index in [1.807, 2.05) is 31.3 Å². The molecule has 1 unspecified atom stereocenters. The Hall–Kier alpha value is -0.900. The van der Waals surface area contributed by atoms with Gasteiger partial charge in [-0.2, -0.15) is 0 Å². The van der Waals surface area contributed by atoms with E-state index < -0.39 is 0 Å². The van der Waals surface area contributed by atoms with E-state index in [0.717, 1.165) is 16.5 Å². The first-order valence-electron chi connectivity index (χ1n) is 5.97. The van der Waals surface area contributed by atoms with Gasteiger partial charge in [-0.25, -0.2) is 4.39 Å². The summed E-state index contributed by atoms with van der Waals surface area (Å²) in [6, 6.07) is 12.8. The van der Waals surface area contributed by atoms with Crippen LogP contribution in [0.25, 0.3) is 0 Å². The van der Waals surface area contributed by atoms with E-state index >= 15 is 0 Å². The van der Waals surface area contributed by atoms with Crippen LogP contribution in [0.3, 0.4) is 0 Å². The van der Waals surface area contributed by atoms with Crippen molar-refractivity contribution in [2.24, 2.45) is 0 Å². The fourth-order valence-corrected chi connectivity index (χ4v) is 2.43. The maximum atomic E-state index is 13.9. The molecule has 2 rings (SSSR count). The van der Waals surface area contributed by atoms with E-state index in [9.17, 15) is 4.39 Å². The highest BCUT2D eigenvalue weighted by Gasteiger charge is 2.14. The van der Waals surface area contributed by atoms with E-state index in [0.29, 0.717) is 10.6 Å². The lowest BCUT2D eigenvalue weighted by molar-refractivity contribution is 0.534. The van der Waals surface area contributed by atoms with Crippen LogP contribution in [-0.2, 0) is 6.42 Å². The monoisotopic (exact) mass is 341 g/mol. The number of nitrogens with one attached hydrogen (secondary N) is 1.